The maximum absolute atomic E-state index is 7.72. The van der Waals surface area contributed by atoms with Crippen LogP contribution >= 0.6 is 11.3 Å². The molecule has 0 bridgehead atoms. The van der Waals surface area contributed by atoms with Crippen LogP contribution in [0.4, 0.5) is 5.13 Å². The second-order valence-corrected chi connectivity index (χ2v) is 4.64. The maximum Gasteiger partial charge on any atom is 0.212 e. The number of hydrogen-bond acceptors (Lipinski definition) is 5. The van der Waals surface area contributed by atoms with E-state index in [0.717, 1.165) is 11.3 Å². The Morgan fingerprint density at radius 1 is 1.53 bits per heavy atom. The number of aromatic nitrogens is 2. The summed E-state index contributed by atoms with van der Waals surface area (Å²) in [6.07, 6.45) is 0. The summed E-state index contributed by atoms with van der Waals surface area (Å²) in [5, 5.41) is 10.0. The number of aliphatic imine (C=N–C) groups is 1. The van der Waals surface area contributed by atoms with E-state index in [9.17, 15) is 0 Å². The minimum absolute atomic E-state index is 0.0339. The van der Waals surface area contributed by atoms with Crippen LogP contribution in [0.15, 0.2) is 16.4 Å². The lowest BCUT2D eigenvalue weighted by Crippen LogP contribution is -2.21. The summed E-state index contributed by atoms with van der Waals surface area (Å²) in [6.45, 7) is 1.89. The van der Waals surface area contributed by atoms with Gasteiger partial charge in [0.1, 0.15) is 16.9 Å². The monoisotopic (exact) mass is 278 g/mol. The van der Waals surface area contributed by atoms with Crippen LogP contribution in [0.5, 0.6) is 5.75 Å². The number of hydrogen-bond donors (Lipinski definition) is 4. The third-order valence-electron chi connectivity index (χ3n) is 2.47. The lowest BCUT2D eigenvalue weighted by atomic mass is 10.1. The predicted molar refractivity (Wildman–Crippen MR) is 74.5 cm³/mol. The van der Waals surface area contributed by atoms with Gasteiger partial charge in [-0.25, -0.2) is 4.98 Å². The predicted octanol–water partition coefficient (Wildman–Crippen LogP) is 0.840. The number of nitrogens with zero attached hydrogens (tertiary/aromatic N) is 2. The highest BCUT2D eigenvalue weighted by atomic mass is 32.1. The number of ether oxygens (including phenoxy) is 1. The molecule has 6 N–H and O–H groups in total. The average molecular weight is 278 g/mol. The van der Waals surface area contributed by atoms with Crippen LogP contribution in [0.3, 0.4) is 0 Å². The molecule has 0 aliphatic rings. The summed E-state index contributed by atoms with van der Waals surface area (Å²) >= 11 is 1.32. The molecule has 0 aliphatic heterocycles. The van der Waals surface area contributed by atoms with Crippen molar-refractivity contribution in [2.45, 2.75) is 6.92 Å². The minimum Gasteiger partial charge on any atom is -0.496 e. The number of aromatic amines is 1. The Bertz CT molecular complexity index is 683. The number of thiazole rings is 1. The summed E-state index contributed by atoms with van der Waals surface area (Å²) in [7, 11) is 1.57. The van der Waals surface area contributed by atoms with E-state index in [1.165, 1.54) is 11.3 Å². The first-order valence-electron chi connectivity index (χ1n) is 5.39. The first-order valence-corrected chi connectivity index (χ1v) is 6.27. The molecule has 0 amide bonds. The van der Waals surface area contributed by atoms with Gasteiger partial charge >= 0.3 is 0 Å². The Morgan fingerprint density at radius 2 is 2.26 bits per heavy atom. The zero-order valence-corrected chi connectivity index (χ0v) is 11.3. The van der Waals surface area contributed by atoms with Crippen molar-refractivity contribution < 1.29 is 4.74 Å². The van der Waals surface area contributed by atoms with Crippen LogP contribution in [0.25, 0.3) is 11.4 Å². The highest BCUT2D eigenvalue weighted by Crippen LogP contribution is 2.29. The molecular weight excluding hydrogens is 264 g/mol. The van der Waals surface area contributed by atoms with Gasteiger partial charge in [0.15, 0.2) is 5.96 Å². The van der Waals surface area contributed by atoms with E-state index >= 15 is 0 Å². The van der Waals surface area contributed by atoms with E-state index in [0.29, 0.717) is 16.6 Å². The molecule has 0 atom stereocenters. The third-order valence-corrected chi connectivity index (χ3v) is 3.21. The number of nitrogens with two attached hydrogens (primary N) is 2. The molecule has 100 valence electrons. The van der Waals surface area contributed by atoms with Crippen molar-refractivity contribution in [1.29, 1.82) is 5.41 Å². The van der Waals surface area contributed by atoms with Crippen LogP contribution in [0.1, 0.15) is 5.56 Å². The van der Waals surface area contributed by atoms with E-state index in [1.54, 1.807) is 13.2 Å². The van der Waals surface area contributed by atoms with Crippen molar-refractivity contribution >= 4 is 22.4 Å². The van der Waals surface area contributed by atoms with Crippen molar-refractivity contribution in [2.24, 2.45) is 16.5 Å². The summed E-state index contributed by atoms with van der Waals surface area (Å²) in [5.41, 5.74) is 13.1. The van der Waals surface area contributed by atoms with Crippen molar-refractivity contribution in [1.82, 2.24) is 9.97 Å². The van der Waals surface area contributed by atoms with E-state index in [1.807, 2.05) is 12.3 Å². The minimum atomic E-state index is -0.0339. The van der Waals surface area contributed by atoms with E-state index in [2.05, 4.69) is 15.0 Å². The second-order valence-electron chi connectivity index (χ2n) is 3.80. The lowest BCUT2D eigenvalue weighted by molar-refractivity contribution is 0.410. The quantitative estimate of drug-likeness (QED) is 0.490. The molecule has 2 aromatic heterocycles. The molecule has 2 rings (SSSR count). The van der Waals surface area contributed by atoms with Gasteiger partial charge in [0, 0.05) is 17.0 Å². The van der Waals surface area contributed by atoms with Gasteiger partial charge in [-0.1, -0.05) is 0 Å². The lowest BCUT2D eigenvalue weighted by Gasteiger charge is -2.08. The van der Waals surface area contributed by atoms with Gasteiger partial charge in [0.05, 0.1) is 12.8 Å². The summed E-state index contributed by atoms with van der Waals surface area (Å²) < 4.78 is 5.23. The molecule has 2 aromatic rings. The number of guanidine groups is 1. The van der Waals surface area contributed by atoms with Crippen LogP contribution in [0.2, 0.25) is 0 Å². The summed E-state index contributed by atoms with van der Waals surface area (Å²) in [4.78, 5) is 11.1. The van der Waals surface area contributed by atoms with Gasteiger partial charge in [-0.2, -0.15) is 4.99 Å². The molecule has 0 spiro atoms. The van der Waals surface area contributed by atoms with Crippen LogP contribution < -0.4 is 21.7 Å². The molecule has 0 radical (unpaired) electrons. The van der Waals surface area contributed by atoms with Gasteiger partial charge in [-0.15, -0.1) is 11.3 Å². The Morgan fingerprint density at radius 3 is 2.89 bits per heavy atom. The molecule has 0 fully saturated rings. The fraction of sp³-hybridized carbons (Fsp3) is 0.182. The van der Waals surface area contributed by atoms with Crippen LogP contribution in [-0.4, -0.2) is 23.0 Å². The number of H-pyrrole nitrogens is 1. The fourth-order valence-corrected chi connectivity index (χ4v) is 2.33. The standard InChI is InChI=1S/C11H14N6OS/c1-5-7(18-2)3-8(12)16-9(5)6-4-19-11(15-6)17-10(13)14/h3-4H,1-2H3,(H2,12,16)(H4,13,14,15,17). The molecular formula is C11H14N6OS. The van der Waals surface area contributed by atoms with Crippen molar-refractivity contribution in [3.8, 4) is 17.1 Å². The van der Waals surface area contributed by atoms with Gasteiger partial charge in [0.25, 0.3) is 0 Å². The van der Waals surface area contributed by atoms with Crippen LogP contribution in [-0.2, 0) is 0 Å². The Balaban J connectivity index is 2.53. The first kappa shape index (κ1) is 13.1. The average Bonchev–Trinajstić information content (AvgIpc) is 2.79. The highest BCUT2D eigenvalue weighted by molar-refractivity contribution is 7.13. The third kappa shape index (κ3) is 2.74. The molecule has 19 heavy (non-hydrogen) atoms. The summed E-state index contributed by atoms with van der Waals surface area (Å²) in [5.74, 6) is 0.601. The fourth-order valence-electron chi connectivity index (χ4n) is 1.64. The zero-order chi connectivity index (χ0) is 14.0. The van der Waals surface area contributed by atoms with E-state index < -0.39 is 0 Å². The molecule has 0 saturated carbocycles. The van der Waals surface area contributed by atoms with Gasteiger partial charge in [-0.05, 0) is 6.92 Å². The van der Waals surface area contributed by atoms with Crippen LogP contribution in [0, 0.1) is 12.3 Å². The van der Waals surface area contributed by atoms with Gasteiger partial charge in [0.2, 0.25) is 5.13 Å². The number of methoxy groups -OCH3 is 1. The molecule has 0 aliphatic carbocycles. The van der Waals surface area contributed by atoms with Crippen molar-refractivity contribution in [2.75, 3.05) is 7.11 Å². The van der Waals surface area contributed by atoms with Gasteiger partial charge < -0.3 is 21.2 Å². The van der Waals surface area contributed by atoms with E-state index in [-0.39, 0.29) is 11.4 Å². The van der Waals surface area contributed by atoms with Crippen molar-refractivity contribution in [3.63, 3.8) is 0 Å². The van der Waals surface area contributed by atoms with Gasteiger partial charge in [-0.3, -0.25) is 5.41 Å². The normalized spacial score (nSPS) is 10.2. The molecule has 0 saturated heterocycles. The van der Waals surface area contributed by atoms with E-state index in [4.69, 9.17) is 21.6 Å². The topological polar surface area (TPSA) is 126 Å². The number of rotatable bonds is 3. The second kappa shape index (κ2) is 5.11. The molecule has 7 nitrogen and oxygen atoms in total. The number of pyridine rings is 1. The maximum atomic E-state index is 7.72. The molecule has 2 heterocycles. The largest absolute Gasteiger partial charge is 0.496 e. The Labute approximate surface area is 113 Å². The zero-order valence-electron chi connectivity index (χ0n) is 10.5. The molecule has 0 aromatic carbocycles. The Hall–Kier alpha value is -2.35. The first-order chi connectivity index (χ1) is 9.01. The molecule has 0 unspecified atom stereocenters. The smallest absolute Gasteiger partial charge is 0.212 e. The Kier molecular flexibility index (Phi) is 3.52. The highest BCUT2D eigenvalue weighted by Gasteiger charge is 2.11. The summed E-state index contributed by atoms with van der Waals surface area (Å²) in [6, 6.07) is 1.61. The molecule has 8 heteroatoms. The van der Waals surface area contributed by atoms with Crippen molar-refractivity contribution in [3.05, 3.63) is 22.5 Å². The SMILES string of the molecule is COc1cc(=N)[nH]c(-c2csc(N=C(N)N)n2)c1C. The number of nitrogens with one attached hydrogen (secondary N) is 2.